The van der Waals surface area contributed by atoms with Crippen LogP contribution in [0.15, 0.2) is 207 Å². The molecule has 0 aromatic carbocycles. The number of esters is 4. The fraction of sp³-hybridized carbons (Fsp3) is 0.563. The topological polar surface area (TPSA) is 237 Å². The highest BCUT2D eigenvalue weighted by atomic mass is 31.2. The minimum Gasteiger partial charge on any atom is -0.462 e. The Labute approximate surface area is 639 Å². The molecular weight excluding hydrogens is 1380 g/mol. The Morgan fingerprint density at radius 1 is 0.283 bits per heavy atom. The number of rotatable bonds is 71. The molecule has 5 atom stereocenters. The minimum absolute atomic E-state index is 0.00691. The van der Waals surface area contributed by atoms with Gasteiger partial charge in [0.15, 0.2) is 12.2 Å². The number of unbranched alkanes of at least 4 members (excludes halogenated alkanes) is 12. The molecule has 17 nitrogen and oxygen atoms in total. The Bertz CT molecular complexity index is 2830. The van der Waals surface area contributed by atoms with Crippen LogP contribution in [0.25, 0.3) is 0 Å². The zero-order valence-corrected chi connectivity index (χ0v) is 66.8. The lowest BCUT2D eigenvalue weighted by atomic mass is 10.0. The number of allylic oxidation sites excluding steroid dienone is 33. The first-order valence-electron chi connectivity index (χ1n) is 39.3. The Morgan fingerprint density at radius 3 is 0.821 bits per heavy atom. The number of aliphatic hydroxyl groups is 1. The maximum Gasteiger partial charge on any atom is 0.472 e. The molecule has 0 spiro atoms. The van der Waals surface area contributed by atoms with Crippen LogP contribution in [0.2, 0.25) is 0 Å². The number of hydrogen-bond donors (Lipinski definition) is 3. The molecule has 0 aromatic heterocycles. The molecule has 0 heterocycles. The summed E-state index contributed by atoms with van der Waals surface area (Å²) in [5, 5.41) is 10.6. The molecule has 0 aliphatic carbocycles. The molecule has 0 rings (SSSR count). The van der Waals surface area contributed by atoms with Crippen molar-refractivity contribution >= 4 is 39.5 Å². The number of phosphoric acid groups is 2. The van der Waals surface area contributed by atoms with Crippen molar-refractivity contribution in [3.63, 3.8) is 0 Å². The van der Waals surface area contributed by atoms with Crippen molar-refractivity contribution < 1.29 is 80.2 Å². The van der Waals surface area contributed by atoms with E-state index in [4.69, 9.17) is 37.0 Å². The van der Waals surface area contributed by atoms with E-state index < -0.39 is 97.5 Å². The van der Waals surface area contributed by atoms with E-state index in [0.717, 1.165) is 116 Å². The SMILES string of the molecule is CC/C=C\C/C=C\C/C=C\C/C=C\C/C=C\C/C=C\CCC(=O)OCC(COP(=O)(O)OCC(O)COP(=O)(O)OCC(COC(=O)CC/C=C\C/C=C\C/C=C\C/C=C\C/C=C\C/C=C\CC)OC(=O)CCCCCCCCCCCCCCC)OC(=O)C/C=C\C/C=C\C/C=C\C/C=C\C/C=C\CC. The zero-order valence-electron chi connectivity index (χ0n) is 65.0. The quantitative estimate of drug-likeness (QED) is 0.0169. The Kier molecular flexibility index (Phi) is 72.2. The fourth-order valence-electron chi connectivity index (χ4n) is 9.46. The number of aliphatic hydroxyl groups excluding tert-OH is 1. The second-order valence-electron chi connectivity index (χ2n) is 25.2. The monoisotopic (exact) mass is 1510 g/mol. The average molecular weight is 1520 g/mol. The van der Waals surface area contributed by atoms with Crippen molar-refractivity contribution in [3.05, 3.63) is 207 Å². The first-order chi connectivity index (χ1) is 51.7. The van der Waals surface area contributed by atoms with Crippen molar-refractivity contribution in [3.8, 4) is 0 Å². The molecule has 0 fully saturated rings. The number of ether oxygens (including phenoxy) is 4. The molecule has 0 bridgehead atoms. The Hall–Kier alpha value is -6.36. The van der Waals surface area contributed by atoms with E-state index in [1.165, 1.54) is 51.4 Å². The molecule has 5 unspecified atom stereocenters. The van der Waals surface area contributed by atoms with E-state index in [1.807, 2.05) is 48.6 Å². The summed E-state index contributed by atoms with van der Waals surface area (Å²) >= 11 is 0. The normalized spacial score (nSPS) is 15.0. The van der Waals surface area contributed by atoms with Gasteiger partial charge in [-0.15, -0.1) is 0 Å². The van der Waals surface area contributed by atoms with Gasteiger partial charge in [0.05, 0.1) is 32.8 Å². The van der Waals surface area contributed by atoms with Crippen LogP contribution in [0.3, 0.4) is 0 Å². The third kappa shape index (κ3) is 75.9. The lowest BCUT2D eigenvalue weighted by Gasteiger charge is -2.21. The number of carbonyl (C=O) groups is 4. The summed E-state index contributed by atoms with van der Waals surface area (Å²) in [4.78, 5) is 72.9. The lowest BCUT2D eigenvalue weighted by Crippen LogP contribution is -2.30. The summed E-state index contributed by atoms with van der Waals surface area (Å²) in [5.41, 5.74) is 0. The van der Waals surface area contributed by atoms with Gasteiger partial charge in [-0.25, -0.2) is 9.13 Å². The zero-order chi connectivity index (χ0) is 77.4. The molecule has 0 saturated carbocycles. The van der Waals surface area contributed by atoms with Crippen molar-refractivity contribution in [2.75, 3.05) is 39.6 Å². The molecular formula is C87H136O17P2. The van der Waals surface area contributed by atoms with Gasteiger partial charge in [-0.1, -0.05) is 311 Å². The minimum atomic E-state index is -5.03. The van der Waals surface area contributed by atoms with Gasteiger partial charge in [-0.2, -0.15) is 0 Å². The Morgan fingerprint density at radius 2 is 0.528 bits per heavy atom. The van der Waals surface area contributed by atoms with Crippen molar-refractivity contribution in [2.45, 2.75) is 277 Å². The first kappa shape index (κ1) is 99.6. The van der Waals surface area contributed by atoms with Crippen LogP contribution in [0.5, 0.6) is 0 Å². The largest absolute Gasteiger partial charge is 0.472 e. The van der Waals surface area contributed by atoms with Crippen LogP contribution >= 0.6 is 15.6 Å². The summed E-state index contributed by atoms with van der Waals surface area (Å²) in [6, 6.07) is 0. The smallest absolute Gasteiger partial charge is 0.462 e. The van der Waals surface area contributed by atoms with Gasteiger partial charge in [-0.05, 0) is 128 Å². The van der Waals surface area contributed by atoms with Gasteiger partial charge >= 0.3 is 39.5 Å². The van der Waals surface area contributed by atoms with Crippen LogP contribution in [0.1, 0.15) is 259 Å². The van der Waals surface area contributed by atoms with Gasteiger partial charge in [0.2, 0.25) is 0 Å². The van der Waals surface area contributed by atoms with Crippen LogP contribution in [0, 0.1) is 0 Å². The second kappa shape index (κ2) is 76.8. The predicted molar refractivity (Wildman–Crippen MR) is 435 cm³/mol. The van der Waals surface area contributed by atoms with Crippen molar-refractivity contribution in [1.82, 2.24) is 0 Å². The van der Waals surface area contributed by atoms with Crippen LogP contribution in [0.4, 0.5) is 0 Å². The third-order valence-corrected chi connectivity index (χ3v) is 17.2. The van der Waals surface area contributed by atoms with E-state index in [2.05, 4.69) is 174 Å². The standard InChI is InChI=1S/C87H136O17P2/c1-5-9-13-17-21-25-29-33-36-38-40-42-45-48-51-55-59-63-67-71-84(89)97-77-82(103-86(91)73-69-65-61-57-53-47-32-28-24-20-16-12-8-4)79-101-105(93,94)99-75-81(88)76-100-106(95,96)102-80-83(104-87(92)74-70-66-62-58-54-50-44-35-31-27-23-19-15-11-7-3)78-98-85(90)72-68-64-60-56-52-49-46-43-41-39-37-34-30-26-22-18-14-10-6-2/h9-11,13-15,21-23,25-27,33-37,40-44,48-49,51-52,54,58-60,63-64,66,70,81-83,88H,5-8,12,16-20,24,28-32,38-39,45-47,50,53,55-57,61-62,65,67-69,71-80H2,1-4H3,(H,93,94)(H,95,96)/b13-9-,14-10-,15-11-,25-21-,26-22-,27-23-,36-33-,37-34-,42-40-,43-41-,44-35-,51-48-,52-49-,58-54-,63-59-,64-60-,70-66-. The van der Waals surface area contributed by atoms with Crippen LogP contribution in [-0.2, 0) is 65.4 Å². The lowest BCUT2D eigenvalue weighted by molar-refractivity contribution is -0.161. The summed E-state index contributed by atoms with van der Waals surface area (Å²) < 4.78 is 68.2. The van der Waals surface area contributed by atoms with E-state index in [1.54, 1.807) is 12.2 Å². The average Bonchev–Trinajstić information content (AvgIpc) is 0.933. The van der Waals surface area contributed by atoms with Gasteiger partial charge in [-0.3, -0.25) is 37.3 Å². The van der Waals surface area contributed by atoms with Gasteiger partial charge in [0.25, 0.3) is 0 Å². The van der Waals surface area contributed by atoms with E-state index in [0.29, 0.717) is 38.5 Å². The fourth-order valence-corrected chi connectivity index (χ4v) is 11.0. The number of carbonyl (C=O) groups excluding carboxylic acids is 4. The second-order valence-corrected chi connectivity index (χ2v) is 28.1. The number of hydrogen-bond acceptors (Lipinski definition) is 15. The van der Waals surface area contributed by atoms with Crippen molar-refractivity contribution in [1.29, 1.82) is 0 Å². The molecule has 0 aliphatic rings. The summed E-state index contributed by atoms with van der Waals surface area (Å²) in [7, 11) is -10.0. The molecule has 3 N–H and O–H groups in total. The highest BCUT2D eigenvalue weighted by Crippen LogP contribution is 2.45. The van der Waals surface area contributed by atoms with Gasteiger partial charge in [0, 0.05) is 19.3 Å². The van der Waals surface area contributed by atoms with E-state index in [-0.39, 0.29) is 25.7 Å². The van der Waals surface area contributed by atoms with Gasteiger partial charge in [0.1, 0.15) is 19.3 Å². The molecule has 0 aliphatic heterocycles. The highest BCUT2D eigenvalue weighted by molar-refractivity contribution is 7.47. The summed E-state index contributed by atoms with van der Waals surface area (Å²) in [6.45, 7) is 4.21. The van der Waals surface area contributed by atoms with Crippen LogP contribution < -0.4 is 0 Å². The summed E-state index contributed by atoms with van der Waals surface area (Å²) in [6.07, 6.45) is 95.9. The highest BCUT2D eigenvalue weighted by Gasteiger charge is 2.30. The van der Waals surface area contributed by atoms with E-state index in [9.17, 15) is 43.2 Å². The molecule has 0 radical (unpaired) electrons. The first-order valence-corrected chi connectivity index (χ1v) is 42.3. The molecule has 19 heteroatoms. The molecule has 596 valence electrons. The maximum absolute atomic E-state index is 13.1. The van der Waals surface area contributed by atoms with E-state index >= 15 is 0 Å². The predicted octanol–water partition coefficient (Wildman–Crippen LogP) is 23.1. The molecule has 0 aromatic rings. The van der Waals surface area contributed by atoms with Gasteiger partial charge < -0.3 is 33.8 Å². The van der Waals surface area contributed by atoms with Crippen molar-refractivity contribution in [2.24, 2.45) is 0 Å². The summed E-state index contributed by atoms with van der Waals surface area (Å²) in [5.74, 6) is -2.54. The molecule has 106 heavy (non-hydrogen) atoms. The third-order valence-electron chi connectivity index (χ3n) is 15.3. The maximum atomic E-state index is 13.1. The van der Waals surface area contributed by atoms with Crippen LogP contribution in [-0.4, -0.2) is 96.7 Å². The number of phosphoric ester groups is 2. The molecule has 0 saturated heterocycles. The Balaban J connectivity index is 5.56. The molecule has 0 amide bonds.